The van der Waals surface area contributed by atoms with Crippen LogP contribution in [-0.4, -0.2) is 54.1 Å². The number of fused-ring (bicyclic) bond motifs is 1. The summed E-state index contributed by atoms with van der Waals surface area (Å²) in [4.78, 5) is 16.4. The van der Waals surface area contributed by atoms with E-state index in [0.29, 0.717) is 31.8 Å². The van der Waals surface area contributed by atoms with Crippen LogP contribution in [0.3, 0.4) is 0 Å². The molecule has 1 aromatic heterocycles. The summed E-state index contributed by atoms with van der Waals surface area (Å²) in [5.74, 6) is 0. The van der Waals surface area contributed by atoms with Gasteiger partial charge in [0.2, 0.25) is 5.16 Å². The average Bonchev–Trinajstić information content (AvgIpc) is 2.93. The molecule has 0 spiro atoms. The van der Waals surface area contributed by atoms with Crippen molar-refractivity contribution in [3.8, 4) is 0 Å². The van der Waals surface area contributed by atoms with Gasteiger partial charge in [-0.1, -0.05) is 0 Å². The highest BCUT2D eigenvalue weighted by Crippen LogP contribution is 2.28. The molecule has 0 aliphatic carbocycles. The summed E-state index contributed by atoms with van der Waals surface area (Å²) in [5, 5.41) is 15.9. The van der Waals surface area contributed by atoms with Crippen molar-refractivity contribution < 1.29 is 18.1 Å². The van der Waals surface area contributed by atoms with Crippen molar-refractivity contribution in [3.05, 3.63) is 28.3 Å². The van der Waals surface area contributed by atoms with Gasteiger partial charge < -0.3 is 4.74 Å². The molecule has 2 heterocycles. The summed E-state index contributed by atoms with van der Waals surface area (Å²) < 4.78 is 30.7. The number of nitrogens with two attached hydrogens (primary N) is 1. The molecule has 11 heteroatoms. The van der Waals surface area contributed by atoms with Gasteiger partial charge in [-0.25, -0.2) is 18.5 Å². The van der Waals surface area contributed by atoms with Gasteiger partial charge in [0.05, 0.1) is 35.3 Å². The van der Waals surface area contributed by atoms with Gasteiger partial charge in [0.15, 0.2) is 0 Å². The maximum absolute atomic E-state index is 11.9. The lowest BCUT2D eigenvalue weighted by Gasteiger charge is -2.33. The molecule has 1 aliphatic heterocycles. The first-order valence-electron chi connectivity index (χ1n) is 7.30. The molecule has 10 nitrogen and oxygen atoms in total. The zero-order valence-electron chi connectivity index (χ0n) is 13.0. The standard InChI is InChI=1S/C13H17N5O5S/c1-9(16-4-6-23-7-5-16)17-12-3-2-10(18(19)20)8-11(12)15-13(17)24(14,21)22/h2-3,8-9H,4-7H2,1H3,(H2,14,21,22). The smallest absolute Gasteiger partial charge is 0.272 e. The number of benzene rings is 1. The molecule has 1 unspecified atom stereocenters. The minimum absolute atomic E-state index is 0.160. The second-order valence-electron chi connectivity index (χ2n) is 5.52. The molecule has 2 aromatic rings. The summed E-state index contributed by atoms with van der Waals surface area (Å²) in [7, 11) is -4.09. The fourth-order valence-electron chi connectivity index (χ4n) is 2.85. The maximum atomic E-state index is 11.9. The first kappa shape index (κ1) is 16.8. The third-order valence-electron chi connectivity index (χ3n) is 4.05. The molecular formula is C13H17N5O5S. The zero-order valence-corrected chi connectivity index (χ0v) is 13.8. The van der Waals surface area contributed by atoms with Crippen molar-refractivity contribution >= 4 is 26.7 Å². The number of nitro benzene ring substituents is 1. The monoisotopic (exact) mass is 355 g/mol. The number of nitrogens with zero attached hydrogens (tertiary/aromatic N) is 4. The van der Waals surface area contributed by atoms with Crippen LogP contribution >= 0.6 is 0 Å². The average molecular weight is 355 g/mol. The van der Waals surface area contributed by atoms with Crippen molar-refractivity contribution in [1.82, 2.24) is 14.5 Å². The van der Waals surface area contributed by atoms with Gasteiger partial charge in [0.1, 0.15) is 0 Å². The van der Waals surface area contributed by atoms with E-state index in [-0.39, 0.29) is 22.5 Å². The van der Waals surface area contributed by atoms with Gasteiger partial charge in [0.25, 0.3) is 15.7 Å². The van der Waals surface area contributed by atoms with Crippen molar-refractivity contribution in [1.29, 1.82) is 0 Å². The van der Waals surface area contributed by atoms with Crippen molar-refractivity contribution in [2.75, 3.05) is 26.3 Å². The van der Waals surface area contributed by atoms with Gasteiger partial charge in [-0.15, -0.1) is 0 Å². The van der Waals surface area contributed by atoms with Crippen molar-refractivity contribution in [3.63, 3.8) is 0 Å². The molecule has 0 radical (unpaired) electrons. The number of morpholine rings is 1. The Labute approximate surface area is 138 Å². The minimum Gasteiger partial charge on any atom is -0.379 e. The fourth-order valence-corrected chi connectivity index (χ4v) is 3.61. The Hall–Kier alpha value is -2.08. The second-order valence-corrected chi connectivity index (χ2v) is 6.97. The molecule has 3 rings (SSSR count). The third-order valence-corrected chi connectivity index (χ3v) is 4.85. The van der Waals surface area contributed by atoms with Gasteiger partial charge in [0, 0.05) is 25.2 Å². The number of hydrogen-bond donors (Lipinski definition) is 1. The molecule has 24 heavy (non-hydrogen) atoms. The van der Waals surface area contributed by atoms with Crippen LogP contribution in [0.2, 0.25) is 0 Å². The molecule has 0 amide bonds. The van der Waals surface area contributed by atoms with E-state index in [1.54, 1.807) is 0 Å². The Balaban J connectivity index is 2.17. The maximum Gasteiger partial charge on any atom is 0.272 e. The van der Waals surface area contributed by atoms with Crippen LogP contribution in [0.5, 0.6) is 0 Å². The van der Waals surface area contributed by atoms with Crippen LogP contribution in [-0.2, 0) is 14.8 Å². The molecule has 0 bridgehead atoms. The lowest BCUT2D eigenvalue weighted by atomic mass is 10.2. The number of rotatable bonds is 4. The van der Waals surface area contributed by atoms with Crippen LogP contribution in [0.25, 0.3) is 11.0 Å². The molecule has 1 aliphatic rings. The molecule has 1 fully saturated rings. The quantitative estimate of drug-likeness (QED) is 0.621. The molecule has 1 atom stereocenters. The zero-order chi connectivity index (χ0) is 17.5. The van der Waals surface area contributed by atoms with Crippen LogP contribution in [0.4, 0.5) is 5.69 Å². The first-order chi connectivity index (χ1) is 11.3. The van der Waals surface area contributed by atoms with Crippen LogP contribution in [0, 0.1) is 10.1 Å². The molecule has 0 saturated carbocycles. The molecule has 1 saturated heterocycles. The fraction of sp³-hybridized carbons (Fsp3) is 0.462. The van der Waals surface area contributed by atoms with Crippen LogP contribution in [0.15, 0.2) is 23.4 Å². The summed E-state index contributed by atoms with van der Waals surface area (Å²) in [6.45, 7) is 4.21. The minimum atomic E-state index is -4.09. The Kier molecular flexibility index (Phi) is 4.25. The largest absolute Gasteiger partial charge is 0.379 e. The Bertz CT molecular complexity index is 888. The van der Waals surface area contributed by atoms with Crippen LogP contribution < -0.4 is 5.14 Å². The van der Waals surface area contributed by atoms with E-state index in [1.807, 2.05) is 11.8 Å². The number of non-ortho nitro benzene ring substituents is 1. The van der Waals surface area contributed by atoms with E-state index in [9.17, 15) is 18.5 Å². The van der Waals surface area contributed by atoms with Gasteiger partial charge >= 0.3 is 0 Å². The summed E-state index contributed by atoms with van der Waals surface area (Å²) in [6.07, 6.45) is -0.339. The summed E-state index contributed by atoms with van der Waals surface area (Å²) in [6, 6.07) is 4.05. The van der Waals surface area contributed by atoms with E-state index < -0.39 is 14.9 Å². The number of hydrogen-bond acceptors (Lipinski definition) is 7. The number of primary sulfonamides is 1. The van der Waals surface area contributed by atoms with Crippen molar-refractivity contribution in [2.24, 2.45) is 5.14 Å². The van der Waals surface area contributed by atoms with E-state index in [0.717, 1.165) is 0 Å². The Morgan fingerprint density at radius 2 is 2.04 bits per heavy atom. The van der Waals surface area contributed by atoms with Crippen molar-refractivity contribution in [2.45, 2.75) is 18.2 Å². The number of ether oxygens (including phenoxy) is 1. The van der Waals surface area contributed by atoms with Gasteiger partial charge in [-0.3, -0.25) is 19.6 Å². The van der Waals surface area contributed by atoms with Gasteiger partial charge in [-0.05, 0) is 13.0 Å². The topological polar surface area (TPSA) is 134 Å². The van der Waals surface area contributed by atoms with Crippen LogP contribution in [0.1, 0.15) is 13.1 Å². The number of imidazole rings is 1. The molecular weight excluding hydrogens is 338 g/mol. The first-order valence-corrected chi connectivity index (χ1v) is 8.84. The lowest BCUT2D eigenvalue weighted by molar-refractivity contribution is -0.384. The highest BCUT2D eigenvalue weighted by molar-refractivity contribution is 7.89. The second kappa shape index (κ2) is 6.09. The molecule has 2 N–H and O–H groups in total. The Morgan fingerprint density at radius 3 is 2.62 bits per heavy atom. The summed E-state index contributed by atoms with van der Waals surface area (Å²) >= 11 is 0. The van der Waals surface area contributed by atoms with E-state index in [4.69, 9.17) is 9.88 Å². The van der Waals surface area contributed by atoms with Gasteiger partial charge in [-0.2, -0.15) is 0 Å². The lowest BCUT2D eigenvalue weighted by Crippen LogP contribution is -2.41. The highest BCUT2D eigenvalue weighted by Gasteiger charge is 2.28. The predicted octanol–water partition coefficient (Wildman–Crippen LogP) is 0.443. The predicted molar refractivity (Wildman–Crippen MR) is 84.9 cm³/mol. The molecule has 1 aromatic carbocycles. The third kappa shape index (κ3) is 2.98. The SMILES string of the molecule is CC(N1CCOCC1)n1c(S(N)(=O)=O)nc2cc([N+](=O)[O-])ccc21. The van der Waals surface area contributed by atoms with E-state index >= 15 is 0 Å². The number of sulfonamides is 1. The normalized spacial score (nSPS) is 17.9. The van der Waals surface area contributed by atoms with E-state index in [2.05, 4.69) is 4.98 Å². The number of nitro groups is 1. The summed E-state index contributed by atoms with van der Waals surface area (Å²) in [5.41, 5.74) is 0.532. The Morgan fingerprint density at radius 1 is 1.38 bits per heavy atom. The number of aromatic nitrogens is 2. The molecule has 130 valence electrons. The van der Waals surface area contributed by atoms with E-state index in [1.165, 1.54) is 22.8 Å². The highest BCUT2D eigenvalue weighted by atomic mass is 32.2.